The Morgan fingerprint density at radius 1 is 1.00 bits per heavy atom. The minimum absolute atomic E-state index is 0.150. The molecule has 1 N–H and O–H groups in total. The summed E-state index contributed by atoms with van der Waals surface area (Å²) >= 11 is 0. The Kier molecular flexibility index (Phi) is 5.63. The minimum Gasteiger partial charge on any atom is -0.312 e. The first kappa shape index (κ1) is 14.2. The molecule has 1 rings (SSSR count). The van der Waals surface area contributed by atoms with Crippen molar-refractivity contribution in [2.45, 2.75) is 52.0 Å². The monoisotopic (exact) mass is 237 g/mol. The summed E-state index contributed by atoms with van der Waals surface area (Å²) in [5, 5.41) is 3.48. The van der Waals surface area contributed by atoms with E-state index in [1.54, 1.807) is 0 Å². The first-order chi connectivity index (χ1) is 7.97. The molecule has 0 saturated heterocycles. The van der Waals surface area contributed by atoms with Crippen molar-refractivity contribution in [1.29, 1.82) is 0 Å². The van der Waals surface area contributed by atoms with Gasteiger partial charge in [-0.2, -0.15) is 0 Å². The van der Waals surface area contributed by atoms with Crippen molar-refractivity contribution in [1.82, 2.24) is 5.32 Å². The van der Waals surface area contributed by atoms with Gasteiger partial charge in [0.05, 0.1) is 0 Å². The van der Waals surface area contributed by atoms with Crippen LogP contribution >= 0.6 is 0 Å². The lowest BCUT2D eigenvalue weighted by Gasteiger charge is -2.20. The van der Waals surface area contributed by atoms with E-state index in [9.17, 15) is 4.39 Å². The summed E-state index contributed by atoms with van der Waals surface area (Å²) in [4.78, 5) is 0. The lowest BCUT2D eigenvalue weighted by Crippen LogP contribution is -2.36. The molecule has 2 heteroatoms. The van der Waals surface area contributed by atoms with E-state index < -0.39 is 0 Å². The number of aryl methyl sites for hydroxylation is 1. The maximum atomic E-state index is 12.7. The average molecular weight is 237 g/mol. The molecule has 0 unspecified atom stereocenters. The molecule has 0 aliphatic heterocycles. The predicted molar refractivity (Wildman–Crippen MR) is 71.7 cm³/mol. The smallest absolute Gasteiger partial charge is 0.123 e. The summed E-state index contributed by atoms with van der Waals surface area (Å²) < 4.78 is 12.7. The van der Waals surface area contributed by atoms with E-state index in [-0.39, 0.29) is 11.4 Å². The topological polar surface area (TPSA) is 12.0 Å². The molecule has 0 atom stereocenters. The van der Waals surface area contributed by atoms with Gasteiger partial charge in [0.2, 0.25) is 0 Å². The third-order valence-electron chi connectivity index (χ3n) is 2.71. The highest BCUT2D eigenvalue weighted by Gasteiger charge is 2.06. The zero-order valence-corrected chi connectivity index (χ0v) is 11.2. The first-order valence-corrected chi connectivity index (χ1v) is 6.47. The lowest BCUT2D eigenvalue weighted by molar-refractivity contribution is 0.417. The van der Waals surface area contributed by atoms with Crippen molar-refractivity contribution < 1.29 is 4.39 Å². The molecule has 0 heterocycles. The normalized spacial score (nSPS) is 11.8. The van der Waals surface area contributed by atoms with Crippen LogP contribution in [0.5, 0.6) is 0 Å². The molecule has 0 aliphatic rings. The number of nitrogens with one attached hydrogen (secondary N) is 1. The number of unbranched alkanes of at least 4 members (excludes halogenated alkanes) is 2. The first-order valence-electron chi connectivity index (χ1n) is 6.47. The zero-order chi connectivity index (χ0) is 12.7. The van der Waals surface area contributed by atoms with E-state index in [0.717, 1.165) is 13.0 Å². The summed E-state index contributed by atoms with van der Waals surface area (Å²) in [6, 6.07) is 6.83. The van der Waals surface area contributed by atoms with Gasteiger partial charge >= 0.3 is 0 Å². The van der Waals surface area contributed by atoms with Gasteiger partial charge in [0, 0.05) is 5.54 Å². The fourth-order valence-corrected chi connectivity index (χ4v) is 1.75. The van der Waals surface area contributed by atoms with Gasteiger partial charge in [-0.05, 0) is 64.3 Å². The van der Waals surface area contributed by atoms with E-state index >= 15 is 0 Å². The van der Waals surface area contributed by atoms with Crippen LogP contribution < -0.4 is 5.32 Å². The van der Waals surface area contributed by atoms with Gasteiger partial charge in [0.15, 0.2) is 0 Å². The standard InChI is InChI=1S/C15H24FN/c1-15(2,3)17-12-6-4-5-7-13-8-10-14(16)11-9-13/h8-11,17H,4-7,12H2,1-3H3. The fourth-order valence-electron chi connectivity index (χ4n) is 1.75. The van der Waals surface area contributed by atoms with Crippen molar-refractivity contribution in [2.24, 2.45) is 0 Å². The molecule has 0 spiro atoms. The van der Waals surface area contributed by atoms with Crippen LogP contribution in [0.4, 0.5) is 4.39 Å². The highest BCUT2D eigenvalue weighted by Crippen LogP contribution is 2.08. The summed E-state index contributed by atoms with van der Waals surface area (Å²) in [7, 11) is 0. The molecule has 0 saturated carbocycles. The van der Waals surface area contributed by atoms with Crippen LogP contribution in [0, 0.1) is 5.82 Å². The molecule has 0 fully saturated rings. The van der Waals surface area contributed by atoms with Crippen LogP contribution in [0.25, 0.3) is 0 Å². The van der Waals surface area contributed by atoms with Gasteiger partial charge < -0.3 is 5.32 Å². The van der Waals surface area contributed by atoms with Gasteiger partial charge in [-0.1, -0.05) is 18.6 Å². The summed E-state index contributed by atoms with van der Waals surface area (Å²) in [6.45, 7) is 7.63. The van der Waals surface area contributed by atoms with Crippen LogP contribution in [-0.2, 0) is 6.42 Å². The van der Waals surface area contributed by atoms with E-state index in [0.29, 0.717) is 0 Å². The van der Waals surface area contributed by atoms with E-state index in [1.807, 2.05) is 12.1 Å². The van der Waals surface area contributed by atoms with Gasteiger partial charge in [-0.3, -0.25) is 0 Å². The minimum atomic E-state index is -0.150. The second-order valence-corrected chi connectivity index (χ2v) is 5.61. The van der Waals surface area contributed by atoms with Gasteiger partial charge in [-0.15, -0.1) is 0 Å². The van der Waals surface area contributed by atoms with Gasteiger partial charge in [0.1, 0.15) is 5.82 Å². The molecule has 1 aromatic carbocycles. The third-order valence-corrected chi connectivity index (χ3v) is 2.71. The highest BCUT2D eigenvalue weighted by atomic mass is 19.1. The zero-order valence-electron chi connectivity index (χ0n) is 11.2. The van der Waals surface area contributed by atoms with Crippen molar-refractivity contribution >= 4 is 0 Å². The number of hydrogen-bond acceptors (Lipinski definition) is 1. The van der Waals surface area contributed by atoms with Gasteiger partial charge in [0.25, 0.3) is 0 Å². The fraction of sp³-hybridized carbons (Fsp3) is 0.600. The predicted octanol–water partition coefficient (Wildman–Crippen LogP) is 3.93. The molecule has 0 bridgehead atoms. The van der Waals surface area contributed by atoms with Crippen molar-refractivity contribution in [3.63, 3.8) is 0 Å². The van der Waals surface area contributed by atoms with E-state index in [1.165, 1.54) is 37.0 Å². The summed E-state index contributed by atoms with van der Waals surface area (Å²) in [5.74, 6) is -0.150. The lowest BCUT2D eigenvalue weighted by atomic mass is 10.1. The molecule has 17 heavy (non-hydrogen) atoms. The molecule has 1 aromatic rings. The Hall–Kier alpha value is -0.890. The Balaban J connectivity index is 2.07. The molecule has 96 valence electrons. The second kappa shape index (κ2) is 6.75. The molecular formula is C15H24FN. The average Bonchev–Trinajstić information content (AvgIpc) is 2.24. The van der Waals surface area contributed by atoms with Crippen LogP contribution in [0.15, 0.2) is 24.3 Å². The molecule has 1 nitrogen and oxygen atoms in total. The molecular weight excluding hydrogens is 213 g/mol. The number of halogens is 1. The molecule has 0 aliphatic carbocycles. The highest BCUT2D eigenvalue weighted by molar-refractivity contribution is 5.15. The molecule has 0 amide bonds. The van der Waals surface area contributed by atoms with Crippen LogP contribution in [0.2, 0.25) is 0 Å². The number of benzene rings is 1. The maximum Gasteiger partial charge on any atom is 0.123 e. The number of rotatable bonds is 6. The second-order valence-electron chi connectivity index (χ2n) is 5.61. The van der Waals surface area contributed by atoms with E-state index in [2.05, 4.69) is 26.1 Å². The summed E-state index contributed by atoms with van der Waals surface area (Å²) in [5.41, 5.74) is 1.45. The Morgan fingerprint density at radius 2 is 1.65 bits per heavy atom. The summed E-state index contributed by atoms with van der Waals surface area (Å²) in [6.07, 6.45) is 4.66. The third kappa shape index (κ3) is 7.11. The van der Waals surface area contributed by atoms with Gasteiger partial charge in [-0.25, -0.2) is 4.39 Å². The Morgan fingerprint density at radius 3 is 2.24 bits per heavy atom. The largest absolute Gasteiger partial charge is 0.312 e. The maximum absolute atomic E-state index is 12.7. The van der Waals surface area contributed by atoms with Crippen LogP contribution in [0.1, 0.15) is 45.6 Å². The van der Waals surface area contributed by atoms with Crippen LogP contribution in [0.3, 0.4) is 0 Å². The number of hydrogen-bond donors (Lipinski definition) is 1. The van der Waals surface area contributed by atoms with Crippen LogP contribution in [-0.4, -0.2) is 12.1 Å². The van der Waals surface area contributed by atoms with E-state index in [4.69, 9.17) is 0 Å². The van der Waals surface area contributed by atoms with Crippen molar-refractivity contribution in [3.05, 3.63) is 35.6 Å². The Bertz CT molecular complexity index is 311. The quantitative estimate of drug-likeness (QED) is 0.739. The molecule has 0 radical (unpaired) electrons. The Labute approximate surface area is 104 Å². The van der Waals surface area contributed by atoms with Crippen molar-refractivity contribution in [3.8, 4) is 0 Å². The van der Waals surface area contributed by atoms with Crippen molar-refractivity contribution in [2.75, 3.05) is 6.54 Å². The SMILES string of the molecule is CC(C)(C)NCCCCCc1ccc(F)cc1. The molecule has 0 aromatic heterocycles.